The van der Waals surface area contributed by atoms with Gasteiger partial charge in [-0.15, -0.1) is 0 Å². The van der Waals surface area contributed by atoms with Crippen LogP contribution < -0.4 is 0 Å². The van der Waals surface area contributed by atoms with Gasteiger partial charge in [0.25, 0.3) is 0 Å². The van der Waals surface area contributed by atoms with Crippen molar-refractivity contribution in [2.75, 3.05) is 66.7 Å². The molecule has 0 radical (unpaired) electrons. The molecule has 0 spiro atoms. The number of hydrogen-bond acceptors (Lipinski definition) is 8. The van der Waals surface area contributed by atoms with E-state index < -0.39 is 0 Å². The second-order valence-corrected chi connectivity index (χ2v) is 7.42. The summed E-state index contributed by atoms with van der Waals surface area (Å²) in [6, 6.07) is 0. The molecule has 0 aromatic rings. The number of oxime groups is 2. The fraction of sp³-hybridized carbons (Fsp3) is 0.900. The Labute approximate surface area is 170 Å². The molecule has 164 valence electrons. The van der Waals surface area contributed by atoms with E-state index in [2.05, 4.69) is 20.1 Å². The summed E-state index contributed by atoms with van der Waals surface area (Å²) in [6.07, 6.45) is 8.32. The summed E-state index contributed by atoms with van der Waals surface area (Å²) in [6.45, 7) is 8.13. The molecule has 0 unspecified atom stereocenters. The lowest BCUT2D eigenvalue weighted by Gasteiger charge is -2.26. The van der Waals surface area contributed by atoms with Gasteiger partial charge in [0.15, 0.2) is 0 Å². The Bertz CT molecular complexity index is 386. The van der Waals surface area contributed by atoms with Crippen molar-refractivity contribution in [2.24, 2.45) is 10.3 Å². The minimum Gasteiger partial charge on any atom is -0.411 e. The Balaban J connectivity index is 0.000000280. The van der Waals surface area contributed by atoms with E-state index >= 15 is 0 Å². The first-order valence-electron chi connectivity index (χ1n) is 10.6. The number of piperidine rings is 2. The van der Waals surface area contributed by atoms with Gasteiger partial charge in [0, 0.05) is 79.3 Å². The lowest BCUT2D eigenvalue weighted by atomic mass is 10.1. The Morgan fingerprint density at radius 2 is 1.04 bits per heavy atom. The van der Waals surface area contributed by atoms with Gasteiger partial charge >= 0.3 is 0 Å². The fourth-order valence-corrected chi connectivity index (χ4v) is 3.43. The summed E-state index contributed by atoms with van der Waals surface area (Å²) in [5.41, 5.74) is 1.89. The number of methoxy groups -OCH3 is 2. The summed E-state index contributed by atoms with van der Waals surface area (Å²) >= 11 is 0. The zero-order valence-corrected chi connectivity index (χ0v) is 17.8. The van der Waals surface area contributed by atoms with Gasteiger partial charge in [-0.2, -0.15) is 0 Å². The number of nitrogens with zero attached hydrogens (tertiary/aromatic N) is 4. The number of likely N-dealkylation sites (tertiary alicyclic amines) is 2. The largest absolute Gasteiger partial charge is 0.411 e. The van der Waals surface area contributed by atoms with Crippen LogP contribution in [0.25, 0.3) is 0 Å². The Kier molecular flexibility index (Phi) is 14.8. The van der Waals surface area contributed by atoms with Crippen LogP contribution in [0.1, 0.15) is 51.4 Å². The van der Waals surface area contributed by atoms with E-state index in [-0.39, 0.29) is 0 Å². The van der Waals surface area contributed by atoms with Crippen molar-refractivity contribution in [3.63, 3.8) is 0 Å². The normalized spacial score (nSPS) is 18.5. The highest BCUT2D eigenvalue weighted by Gasteiger charge is 2.15. The SMILES string of the molecule is COCCCCN1CCC(=NO)CC1.COCCCCN1CCC(=NO)CC1. The first kappa shape index (κ1) is 24.8. The molecule has 2 saturated heterocycles. The molecule has 8 nitrogen and oxygen atoms in total. The van der Waals surface area contributed by atoms with Crippen LogP contribution in [0.2, 0.25) is 0 Å². The van der Waals surface area contributed by atoms with Gasteiger partial charge in [0.2, 0.25) is 0 Å². The second kappa shape index (κ2) is 16.7. The number of hydrogen-bond donors (Lipinski definition) is 2. The maximum Gasteiger partial charge on any atom is 0.0596 e. The second-order valence-electron chi connectivity index (χ2n) is 7.42. The van der Waals surface area contributed by atoms with Crippen molar-refractivity contribution in [1.29, 1.82) is 0 Å². The van der Waals surface area contributed by atoms with E-state index in [9.17, 15) is 0 Å². The lowest BCUT2D eigenvalue weighted by molar-refractivity contribution is 0.183. The Hall–Kier alpha value is -1.22. The van der Waals surface area contributed by atoms with Crippen LogP contribution in [-0.2, 0) is 9.47 Å². The molecule has 2 rings (SSSR count). The van der Waals surface area contributed by atoms with Crippen molar-refractivity contribution in [3.8, 4) is 0 Å². The van der Waals surface area contributed by atoms with Gasteiger partial charge in [-0.1, -0.05) is 10.3 Å². The zero-order chi connectivity index (χ0) is 20.5. The fourth-order valence-electron chi connectivity index (χ4n) is 3.43. The number of unbranched alkanes of at least 4 members (excludes halogenated alkanes) is 2. The molecule has 0 atom stereocenters. The van der Waals surface area contributed by atoms with Crippen molar-refractivity contribution in [1.82, 2.24) is 9.80 Å². The summed E-state index contributed by atoms with van der Waals surface area (Å²) in [7, 11) is 3.48. The van der Waals surface area contributed by atoms with Crippen LogP contribution in [0.3, 0.4) is 0 Å². The third-order valence-corrected chi connectivity index (χ3v) is 5.29. The van der Waals surface area contributed by atoms with Gasteiger partial charge in [0.1, 0.15) is 0 Å². The highest BCUT2D eigenvalue weighted by Crippen LogP contribution is 2.09. The molecule has 0 bridgehead atoms. The predicted molar refractivity (Wildman–Crippen MR) is 112 cm³/mol. The van der Waals surface area contributed by atoms with Gasteiger partial charge in [0.05, 0.1) is 11.4 Å². The van der Waals surface area contributed by atoms with Crippen LogP contribution in [0.15, 0.2) is 10.3 Å². The zero-order valence-electron chi connectivity index (χ0n) is 17.8. The quantitative estimate of drug-likeness (QED) is 0.333. The molecule has 2 aliphatic rings. The highest BCUT2D eigenvalue weighted by molar-refractivity contribution is 5.85. The number of rotatable bonds is 10. The monoisotopic (exact) mass is 400 g/mol. The highest BCUT2D eigenvalue weighted by atomic mass is 16.5. The average molecular weight is 401 g/mol. The summed E-state index contributed by atoms with van der Waals surface area (Å²) in [4.78, 5) is 4.84. The van der Waals surface area contributed by atoms with Gasteiger partial charge < -0.3 is 29.7 Å². The maximum atomic E-state index is 8.58. The maximum absolute atomic E-state index is 8.58. The molecular formula is C20H40N4O4. The molecule has 0 aromatic heterocycles. The van der Waals surface area contributed by atoms with E-state index in [0.717, 1.165) is 102 Å². The first-order chi connectivity index (χ1) is 13.7. The van der Waals surface area contributed by atoms with Gasteiger partial charge in [-0.05, 0) is 38.8 Å². The topological polar surface area (TPSA) is 90.1 Å². The van der Waals surface area contributed by atoms with Crippen LogP contribution >= 0.6 is 0 Å². The van der Waals surface area contributed by atoms with Crippen LogP contribution in [0, 0.1) is 0 Å². The van der Waals surface area contributed by atoms with Crippen LogP contribution in [-0.4, -0.2) is 98.3 Å². The standard InChI is InChI=1S/2C10H20N2O2/c2*1-14-9-3-2-6-12-7-4-10(11-13)5-8-12/h2*13H,2-9H2,1H3. The summed E-state index contributed by atoms with van der Waals surface area (Å²) in [5, 5.41) is 23.7. The van der Waals surface area contributed by atoms with Crippen LogP contribution in [0.4, 0.5) is 0 Å². The first-order valence-corrected chi connectivity index (χ1v) is 10.6. The molecule has 28 heavy (non-hydrogen) atoms. The predicted octanol–water partition coefficient (Wildman–Crippen LogP) is 2.68. The van der Waals surface area contributed by atoms with E-state index in [1.54, 1.807) is 14.2 Å². The van der Waals surface area contributed by atoms with Gasteiger partial charge in [-0.25, -0.2) is 0 Å². The van der Waals surface area contributed by atoms with E-state index in [0.29, 0.717) is 0 Å². The van der Waals surface area contributed by atoms with Crippen molar-refractivity contribution in [2.45, 2.75) is 51.4 Å². The van der Waals surface area contributed by atoms with E-state index in [1.807, 2.05) is 0 Å². The smallest absolute Gasteiger partial charge is 0.0596 e. The van der Waals surface area contributed by atoms with E-state index in [4.69, 9.17) is 19.9 Å². The van der Waals surface area contributed by atoms with Crippen molar-refractivity contribution in [3.05, 3.63) is 0 Å². The average Bonchev–Trinajstić information content (AvgIpc) is 2.76. The molecule has 0 saturated carbocycles. The Morgan fingerprint density at radius 3 is 1.32 bits per heavy atom. The third kappa shape index (κ3) is 11.6. The minimum absolute atomic E-state index is 0.858. The molecule has 2 aliphatic heterocycles. The summed E-state index contributed by atoms with van der Waals surface area (Å²) < 4.78 is 9.99. The van der Waals surface area contributed by atoms with Crippen molar-refractivity contribution >= 4 is 11.4 Å². The molecule has 8 heteroatoms. The molecule has 0 aromatic carbocycles. The molecule has 2 fully saturated rings. The van der Waals surface area contributed by atoms with Crippen LogP contribution in [0.5, 0.6) is 0 Å². The van der Waals surface area contributed by atoms with Gasteiger partial charge in [-0.3, -0.25) is 0 Å². The van der Waals surface area contributed by atoms with Crippen molar-refractivity contribution < 1.29 is 19.9 Å². The minimum atomic E-state index is 0.858. The third-order valence-electron chi connectivity index (χ3n) is 5.29. The molecule has 2 N–H and O–H groups in total. The molecular weight excluding hydrogens is 360 g/mol. The summed E-state index contributed by atoms with van der Waals surface area (Å²) in [5.74, 6) is 0. The Morgan fingerprint density at radius 1 is 0.679 bits per heavy atom. The van der Waals surface area contributed by atoms with E-state index in [1.165, 1.54) is 12.8 Å². The lowest BCUT2D eigenvalue weighted by Crippen LogP contribution is -2.34. The molecule has 0 aliphatic carbocycles. The molecule has 0 amide bonds. The number of ether oxygens (including phenoxy) is 2. The molecule has 2 heterocycles.